The van der Waals surface area contributed by atoms with Gasteiger partial charge in [-0.2, -0.15) is 5.26 Å². The highest BCUT2D eigenvalue weighted by Gasteiger charge is 2.40. The molecule has 1 spiro atoms. The summed E-state index contributed by atoms with van der Waals surface area (Å²) < 4.78 is 11.4. The fourth-order valence-corrected chi connectivity index (χ4v) is 2.50. The Balaban J connectivity index is 1.91. The van der Waals surface area contributed by atoms with Crippen LogP contribution in [0.25, 0.3) is 0 Å². The van der Waals surface area contributed by atoms with E-state index in [-0.39, 0.29) is 5.60 Å². The topological polar surface area (TPSA) is 42.2 Å². The first-order chi connectivity index (χ1) is 7.81. The summed E-state index contributed by atoms with van der Waals surface area (Å²) in [4.78, 5) is 0. The number of ether oxygens (including phenoxy) is 2. The van der Waals surface area contributed by atoms with Crippen molar-refractivity contribution >= 4 is 0 Å². The molecule has 0 amide bonds. The summed E-state index contributed by atoms with van der Waals surface area (Å²) in [6, 6.07) is 7.86. The highest BCUT2D eigenvalue weighted by molar-refractivity contribution is 5.46. The zero-order chi connectivity index (χ0) is 11.0. The summed E-state index contributed by atoms with van der Waals surface area (Å²) in [5.41, 5.74) is 1.83. The molecule has 0 radical (unpaired) electrons. The summed E-state index contributed by atoms with van der Waals surface area (Å²) in [6.07, 6.45) is 2.85. The molecule has 0 bridgehead atoms. The van der Waals surface area contributed by atoms with Crippen molar-refractivity contribution in [1.82, 2.24) is 0 Å². The van der Waals surface area contributed by atoms with Crippen molar-refractivity contribution in [2.45, 2.75) is 24.9 Å². The van der Waals surface area contributed by atoms with Gasteiger partial charge < -0.3 is 9.47 Å². The van der Waals surface area contributed by atoms with Crippen molar-refractivity contribution < 1.29 is 9.47 Å². The van der Waals surface area contributed by atoms with Gasteiger partial charge in [0.1, 0.15) is 11.4 Å². The van der Waals surface area contributed by atoms with E-state index in [1.807, 2.05) is 18.2 Å². The van der Waals surface area contributed by atoms with Crippen molar-refractivity contribution in [3.05, 3.63) is 29.3 Å². The van der Waals surface area contributed by atoms with Crippen LogP contribution in [0.5, 0.6) is 5.75 Å². The van der Waals surface area contributed by atoms with Gasteiger partial charge in [0.15, 0.2) is 0 Å². The molecular formula is C13H13NO2. The number of nitriles is 1. The van der Waals surface area contributed by atoms with Gasteiger partial charge in [-0.25, -0.2) is 0 Å². The molecule has 82 valence electrons. The Morgan fingerprint density at radius 1 is 1.25 bits per heavy atom. The third kappa shape index (κ3) is 1.46. The molecule has 0 aliphatic carbocycles. The van der Waals surface area contributed by atoms with Crippen LogP contribution >= 0.6 is 0 Å². The van der Waals surface area contributed by atoms with Crippen LogP contribution in [0.1, 0.15) is 24.0 Å². The van der Waals surface area contributed by atoms with E-state index < -0.39 is 0 Å². The van der Waals surface area contributed by atoms with Crippen molar-refractivity contribution in [2.75, 3.05) is 13.2 Å². The quantitative estimate of drug-likeness (QED) is 0.665. The minimum Gasteiger partial charge on any atom is -0.486 e. The number of fused-ring (bicyclic) bond motifs is 1. The number of nitrogens with zero attached hydrogens (tertiary/aromatic N) is 1. The summed E-state index contributed by atoms with van der Waals surface area (Å²) in [6.45, 7) is 1.55. The number of rotatable bonds is 0. The van der Waals surface area contributed by atoms with Gasteiger partial charge in [0.25, 0.3) is 0 Å². The van der Waals surface area contributed by atoms with Crippen molar-refractivity contribution in [3.8, 4) is 11.8 Å². The normalized spacial score (nSPS) is 21.2. The summed E-state index contributed by atoms with van der Waals surface area (Å²) >= 11 is 0. The van der Waals surface area contributed by atoms with Crippen LogP contribution in [0.15, 0.2) is 18.2 Å². The molecule has 3 nitrogen and oxygen atoms in total. The molecule has 2 aliphatic rings. The average molecular weight is 215 g/mol. The maximum atomic E-state index is 8.85. The van der Waals surface area contributed by atoms with Crippen LogP contribution in [-0.2, 0) is 11.2 Å². The van der Waals surface area contributed by atoms with Gasteiger partial charge in [-0.05, 0) is 17.7 Å². The van der Waals surface area contributed by atoms with Crippen LogP contribution in [0, 0.1) is 11.3 Å². The Labute approximate surface area is 94.6 Å². The molecule has 0 aromatic heterocycles. The first-order valence-electron chi connectivity index (χ1n) is 5.61. The fourth-order valence-electron chi connectivity index (χ4n) is 2.50. The molecule has 0 N–H and O–H groups in total. The van der Waals surface area contributed by atoms with E-state index in [1.165, 1.54) is 5.56 Å². The monoisotopic (exact) mass is 215 g/mol. The molecule has 16 heavy (non-hydrogen) atoms. The van der Waals surface area contributed by atoms with E-state index in [9.17, 15) is 0 Å². The van der Waals surface area contributed by atoms with Gasteiger partial charge in [-0.1, -0.05) is 6.07 Å². The molecule has 2 aliphatic heterocycles. The Kier molecular flexibility index (Phi) is 2.12. The Morgan fingerprint density at radius 3 is 2.81 bits per heavy atom. The maximum Gasteiger partial charge on any atom is 0.124 e. The summed E-state index contributed by atoms with van der Waals surface area (Å²) in [5, 5.41) is 8.85. The zero-order valence-corrected chi connectivity index (χ0v) is 9.03. The van der Waals surface area contributed by atoms with E-state index in [0.29, 0.717) is 5.56 Å². The van der Waals surface area contributed by atoms with Gasteiger partial charge in [-0.3, -0.25) is 0 Å². The van der Waals surface area contributed by atoms with Crippen LogP contribution in [0.3, 0.4) is 0 Å². The minimum atomic E-state index is -0.0609. The molecule has 0 atom stereocenters. The lowest BCUT2D eigenvalue weighted by Crippen LogP contribution is -2.40. The van der Waals surface area contributed by atoms with Gasteiger partial charge >= 0.3 is 0 Å². The molecule has 2 heterocycles. The minimum absolute atomic E-state index is 0.0609. The first kappa shape index (κ1) is 9.68. The molecule has 1 aromatic rings. The van der Waals surface area contributed by atoms with Crippen molar-refractivity contribution in [2.24, 2.45) is 0 Å². The Bertz CT molecular complexity index is 455. The second kappa shape index (κ2) is 3.50. The molecule has 3 heteroatoms. The number of hydrogen-bond acceptors (Lipinski definition) is 3. The van der Waals surface area contributed by atoms with Crippen molar-refractivity contribution in [3.63, 3.8) is 0 Å². The van der Waals surface area contributed by atoms with Crippen molar-refractivity contribution in [1.29, 1.82) is 5.26 Å². The Hall–Kier alpha value is -1.53. The largest absolute Gasteiger partial charge is 0.486 e. The molecular weight excluding hydrogens is 202 g/mol. The van der Waals surface area contributed by atoms with Gasteiger partial charge in [0.05, 0.1) is 24.8 Å². The molecule has 1 saturated heterocycles. The summed E-state index contributed by atoms with van der Waals surface area (Å²) in [7, 11) is 0. The first-order valence-corrected chi connectivity index (χ1v) is 5.61. The maximum absolute atomic E-state index is 8.85. The van der Waals surface area contributed by atoms with Gasteiger partial charge in [0, 0.05) is 19.3 Å². The van der Waals surface area contributed by atoms with Gasteiger partial charge in [-0.15, -0.1) is 0 Å². The number of hydrogen-bond donors (Lipinski definition) is 0. The second-order valence-electron chi connectivity index (χ2n) is 4.51. The second-order valence-corrected chi connectivity index (χ2v) is 4.51. The molecule has 0 saturated carbocycles. The smallest absolute Gasteiger partial charge is 0.124 e. The lowest BCUT2D eigenvalue weighted by atomic mass is 9.89. The lowest BCUT2D eigenvalue weighted by molar-refractivity contribution is -0.0330. The Morgan fingerprint density at radius 2 is 2.06 bits per heavy atom. The van der Waals surface area contributed by atoms with E-state index in [4.69, 9.17) is 14.7 Å². The van der Waals surface area contributed by atoms with E-state index in [1.54, 1.807) is 0 Å². The van der Waals surface area contributed by atoms with E-state index in [2.05, 4.69) is 6.07 Å². The van der Waals surface area contributed by atoms with Crippen LogP contribution < -0.4 is 4.74 Å². The predicted octanol–water partition coefficient (Wildman–Crippen LogP) is 2.04. The third-order valence-corrected chi connectivity index (χ3v) is 3.44. The standard InChI is InChI=1S/C13H13NO2/c14-9-10-1-2-11-8-13(16-12(11)7-10)3-5-15-6-4-13/h1-2,7H,3-6,8H2. The molecule has 3 rings (SSSR count). The van der Waals surface area contributed by atoms with Crippen LogP contribution in [0.2, 0.25) is 0 Å². The molecule has 0 unspecified atom stereocenters. The van der Waals surface area contributed by atoms with Crippen LogP contribution in [-0.4, -0.2) is 18.8 Å². The third-order valence-electron chi connectivity index (χ3n) is 3.44. The van der Waals surface area contributed by atoms with E-state index in [0.717, 1.165) is 38.2 Å². The fraction of sp³-hybridized carbons (Fsp3) is 0.462. The highest BCUT2D eigenvalue weighted by Crippen LogP contribution is 2.40. The SMILES string of the molecule is N#Cc1ccc2c(c1)OC1(CCOCC1)C2. The lowest BCUT2D eigenvalue weighted by Gasteiger charge is -2.32. The average Bonchev–Trinajstić information content (AvgIpc) is 2.66. The van der Waals surface area contributed by atoms with E-state index >= 15 is 0 Å². The van der Waals surface area contributed by atoms with Crippen LogP contribution in [0.4, 0.5) is 0 Å². The molecule has 1 aromatic carbocycles. The molecule has 1 fully saturated rings. The highest BCUT2D eigenvalue weighted by atomic mass is 16.5. The number of benzene rings is 1. The van der Waals surface area contributed by atoms with Gasteiger partial charge in [0.2, 0.25) is 0 Å². The zero-order valence-electron chi connectivity index (χ0n) is 9.03. The summed E-state index contributed by atoms with van der Waals surface area (Å²) in [5.74, 6) is 0.890. The predicted molar refractivity (Wildman–Crippen MR) is 58.3 cm³/mol.